The topological polar surface area (TPSA) is 0 Å². The Morgan fingerprint density at radius 2 is 1.63 bits per heavy atom. The fourth-order valence-electron chi connectivity index (χ4n) is 3.18. The zero-order valence-corrected chi connectivity index (χ0v) is 11.1. The Balaban J connectivity index is 1.85. The van der Waals surface area contributed by atoms with E-state index in [-0.39, 0.29) is 5.82 Å². The smallest absolute Gasteiger partial charge is 0.123 e. The van der Waals surface area contributed by atoms with E-state index in [9.17, 15) is 4.39 Å². The fraction of sp³-hybridized carbons (Fsp3) is 0.333. The third-order valence-electron chi connectivity index (χ3n) is 4.40. The summed E-state index contributed by atoms with van der Waals surface area (Å²) in [4.78, 5) is 0. The van der Waals surface area contributed by atoms with Crippen LogP contribution in [0.15, 0.2) is 49.1 Å². The second kappa shape index (κ2) is 5.16. The summed E-state index contributed by atoms with van der Waals surface area (Å²) in [6, 6.07) is 11.5. The van der Waals surface area contributed by atoms with Gasteiger partial charge in [0.05, 0.1) is 0 Å². The Bertz CT molecular complexity index is 592. The van der Waals surface area contributed by atoms with E-state index in [0.29, 0.717) is 11.8 Å². The standard InChI is InChI=1S/C18H19F/c1-2-13-3-5-14(6-4-13)15-7-8-17-12-18(19)10-9-16(17)11-15/h2,7-14H,1,3-6H2. The first-order valence-electron chi connectivity index (χ1n) is 7.08. The number of hydrogen-bond donors (Lipinski definition) is 0. The highest BCUT2D eigenvalue weighted by Gasteiger charge is 2.20. The maximum absolute atomic E-state index is 13.2. The van der Waals surface area contributed by atoms with Crippen LogP contribution in [0.5, 0.6) is 0 Å². The molecule has 3 rings (SSSR count). The number of benzene rings is 2. The summed E-state index contributed by atoms with van der Waals surface area (Å²) in [7, 11) is 0. The van der Waals surface area contributed by atoms with Gasteiger partial charge in [-0.05, 0) is 66.0 Å². The lowest BCUT2D eigenvalue weighted by Crippen LogP contribution is -2.11. The molecule has 1 fully saturated rings. The van der Waals surface area contributed by atoms with Crippen molar-refractivity contribution in [1.82, 2.24) is 0 Å². The van der Waals surface area contributed by atoms with Gasteiger partial charge in [0.2, 0.25) is 0 Å². The molecule has 0 unspecified atom stereocenters. The predicted octanol–water partition coefficient (Wildman–Crippen LogP) is 5.44. The van der Waals surface area contributed by atoms with Crippen LogP contribution < -0.4 is 0 Å². The summed E-state index contributed by atoms with van der Waals surface area (Å²) in [5.41, 5.74) is 1.40. The number of rotatable bonds is 2. The van der Waals surface area contributed by atoms with Crippen molar-refractivity contribution in [3.8, 4) is 0 Å². The Kier molecular flexibility index (Phi) is 3.37. The molecule has 1 aliphatic carbocycles. The SMILES string of the molecule is C=CC1CCC(c2ccc3cc(F)ccc3c2)CC1. The molecule has 0 saturated heterocycles. The molecule has 2 aromatic rings. The van der Waals surface area contributed by atoms with Gasteiger partial charge in [-0.15, -0.1) is 6.58 Å². The fourth-order valence-corrected chi connectivity index (χ4v) is 3.18. The van der Waals surface area contributed by atoms with Gasteiger partial charge in [0, 0.05) is 0 Å². The molecule has 1 saturated carbocycles. The molecule has 0 atom stereocenters. The monoisotopic (exact) mass is 254 g/mol. The number of fused-ring (bicyclic) bond motifs is 1. The van der Waals surface area contributed by atoms with Crippen LogP contribution in [0.25, 0.3) is 10.8 Å². The summed E-state index contributed by atoms with van der Waals surface area (Å²) < 4.78 is 13.2. The minimum Gasteiger partial charge on any atom is -0.207 e. The van der Waals surface area contributed by atoms with Crippen LogP contribution in [0.1, 0.15) is 37.2 Å². The van der Waals surface area contributed by atoms with Gasteiger partial charge < -0.3 is 0 Å². The van der Waals surface area contributed by atoms with E-state index in [1.165, 1.54) is 31.2 Å². The quantitative estimate of drug-likeness (QED) is 0.626. The average molecular weight is 254 g/mol. The highest BCUT2D eigenvalue weighted by atomic mass is 19.1. The number of hydrogen-bond acceptors (Lipinski definition) is 0. The van der Waals surface area contributed by atoms with E-state index in [0.717, 1.165) is 10.8 Å². The first-order valence-corrected chi connectivity index (χ1v) is 7.08. The molecule has 0 N–H and O–H groups in total. The van der Waals surface area contributed by atoms with Gasteiger partial charge in [-0.2, -0.15) is 0 Å². The van der Waals surface area contributed by atoms with Crippen molar-refractivity contribution in [2.45, 2.75) is 31.6 Å². The molecule has 0 bridgehead atoms. The van der Waals surface area contributed by atoms with Gasteiger partial charge >= 0.3 is 0 Å². The highest BCUT2D eigenvalue weighted by Crippen LogP contribution is 2.37. The van der Waals surface area contributed by atoms with E-state index >= 15 is 0 Å². The van der Waals surface area contributed by atoms with Gasteiger partial charge in [0.1, 0.15) is 5.82 Å². The van der Waals surface area contributed by atoms with E-state index in [4.69, 9.17) is 0 Å². The number of allylic oxidation sites excluding steroid dienone is 1. The van der Waals surface area contributed by atoms with Crippen LogP contribution in [0, 0.1) is 11.7 Å². The highest BCUT2D eigenvalue weighted by molar-refractivity contribution is 5.83. The zero-order chi connectivity index (χ0) is 13.2. The second-order valence-corrected chi connectivity index (χ2v) is 5.60. The van der Waals surface area contributed by atoms with Crippen LogP contribution in [0.2, 0.25) is 0 Å². The lowest BCUT2D eigenvalue weighted by molar-refractivity contribution is 0.376. The molecule has 2 aromatic carbocycles. The third-order valence-corrected chi connectivity index (χ3v) is 4.40. The molecular formula is C18H19F. The molecule has 0 aliphatic heterocycles. The molecule has 0 heterocycles. The maximum atomic E-state index is 13.2. The Morgan fingerprint density at radius 3 is 2.37 bits per heavy atom. The van der Waals surface area contributed by atoms with Crippen molar-refractivity contribution in [2.75, 3.05) is 0 Å². The van der Waals surface area contributed by atoms with Gasteiger partial charge in [-0.3, -0.25) is 0 Å². The minimum absolute atomic E-state index is 0.160. The molecule has 1 heteroatoms. The van der Waals surface area contributed by atoms with E-state index < -0.39 is 0 Å². The molecule has 0 radical (unpaired) electrons. The summed E-state index contributed by atoms with van der Waals surface area (Å²) in [6.45, 7) is 3.90. The van der Waals surface area contributed by atoms with E-state index in [1.807, 2.05) is 12.1 Å². The Hall–Kier alpha value is -1.63. The summed E-state index contributed by atoms with van der Waals surface area (Å²) >= 11 is 0. The first-order chi connectivity index (χ1) is 9.26. The molecule has 0 nitrogen and oxygen atoms in total. The largest absolute Gasteiger partial charge is 0.207 e. The molecule has 0 amide bonds. The lowest BCUT2D eigenvalue weighted by Gasteiger charge is -2.27. The Morgan fingerprint density at radius 1 is 0.947 bits per heavy atom. The van der Waals surface area contributed by atoms with Crippen LogP contribution in [0.4, 0.5) is 4.39 Å². The molecule has 1 aliphatic rings. The average Bonchev–Trinajstić information content (AvgIpc) is 2.47. The number of halogens is 1. The lowest BCUT2D eigenvalue weighted by atomic mass is 9.78. The van der Waals surface area contributed by atoms with Crippen molar-refractivity contribution in [2.24, 2.45) is 5.92 Å². The summed E-state index contributed by atoms with van der Waals surface area (Å²) in [5, 5.41) is 2.13. The van der Waals surface area contributed by atoms with Crippen LogP contribution in [-0.2, 0) is 0 Å². The van der Waals surface area contributed by atoms with Crippen LogP contribution in [-0.4, -0.2) is 0 Å². The molecular weight excluding hydrogens is 235 g/mol. The van der Waals surface area contributed by atoms with Gasteiger partial charge in [0.15, 0.2) is 0 Å². The van der Waals surface area contributed by atoms with Crippen molar-refractivity contribution in [3.63, 3.8) is 0 Å². The van der Waals surface area contributed by atoms with E-state index in [1.54, 1.807) is 12.1 Å². The normalized spacial score (nSPS) is 23.4. The predicted molar refractivity (Wildman–Crippen MR) is 78.8 cm³/mol. The van der Waals surface area contributed by atoms with Crippen LogP contribution in [0.3, 0.4) is 0 Å². The second-order valence-electron chi connectivity index (χ2n) is 5.60. The Labute approximate surface area is 114 Å². The van der Waals surface area contributed by atoms with Crippen LogP contribution >= 0.6 is 0 Å². The van der Waals surface area contributed by atoms with Crippen molar-refractivity contribution in [3.05, 3.63) is 60.4 Å². The molecule has 0 aromatic heterocycles. The zero-order valence-electron chi connectivity index (χ0n) is 11.1. The van der Waals surface area contributed by atoms with Crippen molar-refractivity contribution < 1.29 is 4.39 Å². The summed E-state index contributed by atoms with van der Waals surface area (Å²) in [5.74, 6) is 1.20. The molecule has 98 valence electrons. The minimum atomic E-state index is -0.160. The van der Waals surface area contributed by atoms with Crippen molar-refractivity contribution in [1.29, 1.82) is 0 Å². The third kappa shape index (κ3) is 2.56. The van der Waals surface area contributed by atoms with Crippen molar-refractivity contribution >= 4 is 10.8 Å². The summed E-state index contributed by atoms with van der Waals surface area (Å²) in [6.07, 6.45) is 7.07. The first kappa shape index (κ1) is 12.4. The molecule has 0 spiro atoms. The molecule has 19 heavy (non-hydrogen) atoms. The van der Waals surface area contributed by atoms with Gasteiger partial charge in [-0.1, -0.05) is 30.3 Å². The van der Waals surface area contributed by atoms with Gasteiger partial charge in [0.25, 0.3) is 0 Å². The van der Waals surface area contributed by atoms with E-state index in [2.05, 4.69) is 24.8 Å². The maximum Gasteiger partial charge on any atom is 0.123 e. The van der Waals surface area contributed by atoms with Gasteiger partial charge in [-0.25, -0.2) is 4.39 Å².